The van der Waals surface area contributed by atoms with Crippen molar-refractivity contribution in [1.29, 1.82) is 0 Å². The molecule has 4 heteroatoms. The number of carbonyl (C=O) groups excluding carboxylic acids is 1. The molecule has 1 saturated carbocycles. The zero-order valence-electron chi connectivity index (χ0n) is 12.9. The maximum absolute atomic E-state index is 12.8. The normalized spacial score (nSPS) is 18.4. The second kappa shape index (κ2) is 7.41. The van der Waals surface area contributed by atoms with Crippen molar-refractivity contribution >= 4 is 21.8 Å². The van der Waals surface area contributed by atoms with Crippen LogP contribution >= 0.6 is 15.9 Å². The second-order valence-electron chi connectivity index (χ2n) is 5.97. The van der Waals surface area contributed by atoms with Crippen molar-refractivity contribution < 1.29 is 4.79 Å². The van der Waals surface area contributed by atoms with E-state index in [0.717, 1.165) is 42.3 Å². The molecule has 1 aliphatic carbocycles. The van der Waals surface area contributed by atoms with Gasteiger partial charge in [-0.1, -0.05) is 47.8 Å². The molecule has 0 unspecified atom stereocenters. The number of amides is 1. The molecule has 0 radical (unpaired) electrons. The third-order valence-corrected chi connectivity index (χ3v) is 4.88. The Labute approximate surface area is 136 Å². The van der Waals surface area contributed by atoms with Crippen LogP contribution in [0.15, 0.2) is 28.7 Å². The molecular formula is C17H25BrN2O. The summed E-state index contributed by atoms with van der Waals surface area (Å²) < 4.78 is 1.04. The summed E-state index contributed by atoms with van der Waals surface area (Å²) in [6, 6.07) is 8.52. The first kappa shape index (κ1) is 16.5. The first-order chi connectivity index (χ1) is 10.1. The zero-order valence-corrected chi connectivity index (χ0v) is 14.5. The van der Waals surface area contributed by atoms with Gasteiger partial charge in [0.05, 0.1) is 5.41 Å². The van der Waals surface area contributed by atoms with Gasteiger partial charge in [-0.3, -0.25) is 4.79 Å². The fraction of sp³-hybridized carbons (Fsp3) is 0.588. The maximum atomic E-state index is 12.8. The van der Waals surface area contributed by atoms with Crippen LogP contribution in [0.4, 0.5) is 0 Å². The van der Waals surface area contributed by atoms with E-state index in [1.165, 1.54) is 0 Å². The number of rotatable bonds is 6. The van der Waals surface area contributed by atoms with Gasteiger partial charge in [-0.05, 0) is 44.0 Å². The Morgan fingerprint density at radius 2 is 2.10 bits per heavy atom. The third-order valence-electron chi connectivity index (χ3n) is 4.39. The fourth-order valence-corrected chi connectivity index (χ4v) is 3.65. The van der Waals surface area contributed by atoms with Crippen LogP contribution in [0, 0.1) is 0 Å². The lowest BCUT2D eigenvalue weighted by atomic mass is 9.78. The van der Waals surface area contributed by atoms with Gasteiger partial charge in [0.25, 0.3) is 0 Å². The van der Waals surface area contributed by atoms with Gasteiger partial charge in [0.2, 0.25) is 5.91 Å². The maximum Gasteiger partial charge on any atom is 0.230 e. The number of hydrogen-bond acceptors (Lipinski definition) is 2. The largest absolute Gasteiger partial charge is 0.354 e. The molecule has 0 saturated heterocycles. The summed E-state index contributed by atoms with van der Waals surface area (Å²) >= 11 is 3.52. The van der Waals surface area contributed by atoms with Gasteiger partial charge in [-0.2, -0.15) is 0 Å². The van der Waals surface area contributed by atoms with Gasteiger partial charge in [0.1, 0.15) is 0 Å². The molecule has 1 aromatic rings. The van der Waals surface area contributed by atoms with Gasteiger partial charge < -0.3 is 10.6 Å². The van der Waals surface area contributed by atoms with Crippen molar-refractivity contribution in [3.05, 3.63) is 34.3 Å². The lowest BCUT2D eigenvalue weighted by Crippen LogP contribution is -2.47. The van der Waals surface area contributed by atoms with Crippen LogP contribution in [0.2, 0.25) is 0 Å². The molecule has 0 bridgehead atoms. The number of benzene rings is 1. The summed E-state index contributed by atoms with van der Waals surface area (Å²) in [6.07, 6.45) is 4.15. The van der Waals surface area contributed by atoms with E-state index in [9.17, 15) is 4.79 Å². The number of carbonyl (C=O) groups is 1. The third kappa shape index (κ3) is 3.86. The summed E-state index contributed by atoms with van der Waals surface area (Å²) in [6.45, 7) is 5.79. The van der Waals surface area contributed by atoms with Crippen LogP contribution in [0.3, 0.4) is 0 Å². The van der Waals surface area contributed by atoms with E-state index >= 15 is 0 Å². The van der Waals surface area contributed by atoms with Crippen LogP contribution in [-0.2, 0) is 10.2 Å². The molecule has 1 amide bonds. The van der Waals surface area contributed by atoms with E-state index in [4.69, 9.17) is 0 Å². The zero-order chi connectivity index (χ0) is 15.3. The molecule has 116 valence electrons. The van der Waals surface area contributed by atoms with Gasteiger partial charge in [0, 0.05) is 17.1 Å². The van der Waals surface area contributed by atoms with E-state index < -0.39 is 0 Å². The van der Waals surface area contributed by atoms with E-state index in [1.807, 2.05) is 12.1 Å². The van der Waals surface area contributed by atoms with Crippen LogP contribution in [-0.4, -0.2) is 25.0 Å². The minimum Gasteiger partial charge on any atom is -0.354 e. The van der Waals surface area contributed by atoms with Crippen LogP contribution in [0.1, 0.15) is 45.1 Å². The minimum atomic E-state index is -0.338. The summed E-state index contributed by atoms with van der Waals surface area (Å²) in [5, 5.41) is 6.48. The van der Waals surface area contributed by atoms with Gasteiger partial charge >= 0.3 is 0 Å². The average Bonchev–Trinajstić information content (AvgIpc) is 2.96. The van der Waals surface area contributed by atoms with E-state index in [0.29, 0.717) is 12.6 Å². The van der Waals surface area contributed by atoms with Crippen molar-refractivity contribution in [3.63, 3.8) is 0 Å². The van der Waals surface area contributed by atoms with Crippen molar-refractivity contribution in [2.75, 3.05) is 13.1 Å². The second-order valence-corrected chi connectivity index (χ2v) is 6.88. The van der Waals surface area contributed by atoms with E-state index in [2.05, 4.69) is 52.5 Å². The molecule has 0 aromatic heterocycles. The molecule has 1 aromatic carbocycles. The summed E-state index contributed by atoms with van der Waals surface area (Å²) in [7, 11) is 0. The molecule has 0 heterocycles. The lowest BCUT2D eigenvalue weighted by molar-refractivity contribution is -0.126. The van der Waals surface area contributed by atoms with Crippen LogP contribution < -0.4 is 10.6 Å². The summed E-state index contributed by atoms with van der Waals surface area (Å²) in [5.41, 5.74) is 0.804. The molecular weight excluding hydrogens is 328 g/mol. The highest BCUT2D eigenvalue weighted by molar-refractivity contribution is 9.10. The molecule has 21 heavy (non-hydrogen) atoms. The van der Waals surface area contributed by atoms with Crippen LogP contribution in [0.5, 0.6) is 0 Å². The van der Waals surface area contributed by atoms with E-state index in [-0.39, 0.29) is 11.3 Å². The first-order valence-corrected chi connectivity index (χ1v) is 8.65. The Morgan fingerprint density at radius 1 is 1.38 bits per heavy atom. The molecule has 1 aliphatic rings. The molecule has 2 rings (SSSR count). The number of nitrogens with one attached hydrogen (secondary N) is 2. The van der Waals surface area contributed by atoms with Gasteiger partial charge in [-0.25, -0.2) is 0 Å². The molecule has 0 spiro atoms. The standard InChI is InChI=1S/C17H25BrN2O/c1-3-19-13(2)12-20-16(21)17(9-4-5-10-17)14-7-6-8-15(18)11-14/h6-8,11,13,19H,3-5,9-10,12H2,1-2H3,(H,20,21)/t13-/m1/s1. The minimum absolute atomic E-state index is 0.183. The highest BCUT2D eigenvalue weighted by Crippen LogP contribution is 2.42. The predicted molar refractivity (Wildman–Crippen MR) is 90.4 cm³/mol. The van der Waals surface area contributed by atoms with Gasteiger partial charge in [-0.15, -0.1) is 0 Å². The number of halogens is 1. The number of likely N-dealkylation sites (N-methyl/N-ethyl adjacent to an activating group) is 1. The highest BCUT2D eigenvalue weighted by atomic mass is 79.9. The average molecular weight is 353 g/mol. The quantitative estimate of drug-likeness (QED) is 0.823. The fourth-order valence-electron chi connectivity index (χ4n) is 3.25. The lowest BCUT2D eigenvalue weighted by Gasteiger charge is -2.29. The Bertz CT molecular complexity index is 483. The Morgan fingerprint density at radius 3 is 2.71 bits per heavy atom. The Balaban J connectivity index is 2.13. The molecule has 2 N–H and O–H groups in total. The Hall–Kier alpha value is -0.870. The topological polar surface area (TPSA) is 41.1 Å². The molecule has 1 atom stereocenters. The van der Waals surface area contributed by atoms with Crippen molar-refractivity contribution in [2.24, 2.45) is 0 Å². The van der Waals surface area contributed by atoms with Crippen LogP contribution in [0.25, 0.3) is 0 Å². The predicted octanol–water partition coefficient (Wildman–Crippen LogP) is 3.38. The van der Waals surface area contributed by atoms with E-state index in [1.54, 1.807) is 0 Å². The first-order valence-electron chi connectivity index (χ1n) is 7.86. The smallest absolute Gasteiger partial charge is 0.230 e. The van der Waals surface area contributed by atoms with Crippen molar-refractivity contribution in [2.45, 2.75) is 51.0 Å². The molecule has 3 nitrogen and oxygen atoms in total. The van der Waals surface area contributed by atoms with Crippen molar-refractivity contribution in [1.82, 2.24) is 10.6 Å². The van der Waals surface area contributed by atoms with Crippen molar-refractivity contribution in [3.8, 4) is 0 Å². The molecule has 1 fully saturated rings. The molecule has 0 aliphatic heterocycles. The summed E-state index contributed by atoms with van der Waals surface area (Å²) in [5.74, 6) is 0.183. The number of hydrogen-bond donors (Lipinski definition) is 2. The SMILES string of the molecule is CCN[C@H](C)CNC(=O)C1(c2cccc(Br)c2)CCCC1. The van der Waals surface area contributed by atoms with Gasteiger partial charge in [0.15, 0.2) is 0 Å². The monoisotopic (exact) mass is 352 g/mol. The highest BCUT2D eigenvalue weighted by Gasteiger charge is 2.42. The summed E-state index contributed by atoms with van der Waals surface area (Å²) in [4.78, 5) is 12.8. The Kier molecular flexibility index (Phi) is 5.82.